The van der Waals surface area contributed by atoms with Gasteiger partial charge in [0.1, 0.15) is 0 Å². The summed E-state index contributed by atoms with van der Waals surface area (Å²) in [7, 11) is 0. The zero-order valence-corrected chi connectivity index (χ0v) is 10.7. The van der Waals surface area contributed by atoms with Gasteiger partial charge in [0.15, 0.2) is 0 Å². The maximum absolute atomic E-state index is 6.03. The third-order valence-electron chi connectivity index (χ3n) is 3.46. The van der Waals surface area contributed by atoms with E-state index < -0.39 is 0 Å². The summed E-state index contributed by atoms with van der Waals surface area (Å²) < 4.78 is 0. The quantitative estimate of drug-likeness (QED) is 0.760. The molecular formula is C14H22N2. The number of benzene rings is 1. The van der Waals surface area contributed by atoms with Crippen LogP contribution < -0.4 is 11.1 Å². The second-order valence-corrected chi connectivity index (χ2v) is 5.90. The number of nitrogens with two attached hydrogens (primary N) is 1. The van der Waals surface area contributed by atoms with Gasteiger partial charge in [-0.25, -0.2) is 0 Å². The van der Waals surface area contributed by atoms with Gasteiger partial charge >= 0.3 is 0 Å². The van der Waals surface area contributed by atoms with E-state index in [4.69, 9.17) is 5.73 Å². The van der Waals surface area contributed by atoms with E-state index in [1.54, 1.807) is 0 Å². The summed E-state index contributed by atoms with van der Waals surface area (Å²) in [6, 6.07) is 6.95. The summed E-state index contributed by atoms with van der Waals surface area (Å²) in [5.74, 6) is 0.456. The zero-order chi connectivity index (χ0) is 11.9. The summed E-state index contributed by atoms with van der Waals surface area (Å²) >= 11 is 0. The van der Waals surface area contributed by atoms with Crippen LogP contribution in [-0.4, -0.2) is 12.6 Å². The van der Waals surface area contributed by atoms with Gasteiger partial charge in [-0.2, -0.15) is 0 Å². The van der Waals surface area contributed by atoms with Crippen LogP contribution in [0.1, 0.15) is 44.7 Å². The molecule has 2 atom stereocenters. The van der Waals surface area contributed by atoms with Crippen molar-refractivity contribution in [1.82, 2.24) is 0 Å². The topological polar surface area (TPSA) is 38.0 Å². The number of hydrogen-bond donors (Lipinski definition) is 2. The van der Waals surface area contributed by atoms with E-state index in [0.717, 1.165) is 6.54 Å². The molecule has 2 rings (SSSR count). The van der Waals surface area contributed by atoms with Gasteiger partial charge in [0, 0.05) is 24.2 Å². The van der Waals surface area contributed by atoms with Crippen molar-refractivity contribution in [3.63, 3.8) is 0 Å². The molecule has 88 valence electrons. The SMILES string of the molecule is CC(N)C1CNc2ccc(C(C)(C)C)cc21. The van der Waals surface area contributed by atoms with Gasteiger partial charge in [-0.1, -0.05) is 32.9 Å². The van der Waals surface area contributed by atoms with E-state index in [1.165, 1.54) is 16.8 Å². The maximum atomic E-state index is 6.03. The third kappa shape index (κ3) is 1.94. The Hall–Kier alpha value is -1.02. The van der Waals surface area contributed by atoms with Crippen molar-refractivity contribution in [3.05, 3.63) is 29.3 Å². The van der Waals surface area contributed by atoms with Crippen LogP contribution in [0.25, 0.3) is 0 Å². The Bertz CT molecular complexity index is 388. The van der Waals surface area contributed by atoms with Crippen molar-refractivity contribution < 1.29 is 0 Å². The average Bonchev–Trinajstić information content (AvgIpc) is 2.58. The molecule has 0 spiro atoms. The van der Waals surface area contributed by atoms with Gasteiger partial charge in [-0.05, 0) is 29.5 Å². The molecule has 2 unspecified atom stereocenters. The number of hydrogen-bond acceptors (Lipinski definition) is 2. The summed E-state index contributed by atoms with van der Waals surface area (Å²) in [6.45, 7) is 9.81. The average molecular weight is 218 g/mol. The first-order chi connectivity index (χ1) is 7.39. The van der Waals surface area contributed by atoms with Crippen LogP contribution in [0, 0.1) is 0 Å². The summed E-state index contributed by atoms with van der Waals surface area (Å²) in [5.41, 5.74) is 10.3. The van der Waals surface area contributed by atoms with Crippen LogP contribution in [-0.2, 0) is 5.41 Å². The van der Waals surface area contributed by atoms with Gasteiger partial charge in [-0.3, -0.25) is 0 Å². The predicted molar refractivity (Wildman–Crippen MR) is 70.0 cm³/mol. The molecule has 0 saturated heterocycles. The molecule has 1 aromatic carbocycles. The second kappa shape index (κ2) is 3.77. The normalized spacial score (nSPS) is 21.4. The number of fused-ring (bicyclic) bond motifs is 1. The largest absolute Gasteiger partial charge is 0.384 e. The fourth-order valence-corrected chi connectivity index (χ4v) is 2.30. The molecule has 0 aromatic heterocycles. The molecule has 1 heterocycles. The first kappa shape index (κ1) is 11.5. The predicted octanol–water partition coefficient (Wildman–Crippen LogP) is 2.84. The molecule has 1 aliphatic heterocycles. The summed E-state index contributed by atoms with van der Waals surface area (Å²) in [6.07, 6.45) is 0. The Morgan fingerprint density at radius 1 is 1.38 bits per heavy atom. The van der Waals surface area contributed by atoms with Gasteiger partial charge in [0.25, 0.3) is 0 Å². The molecule has 2 nitrogen and oxygen atoms in total. The molecule has 3 N–H and O–H groups in total. The molecule has 1 aliphatic rings. The van der Waals surface area contributed by atoms with Crippen molar-refractivity contribution >= 4 is 5.69 Å². The molecule has 0 fully saturated rings. The van der Waals surface area contributed by atoms with Crippen molar-refractivity contribution in [1.29, 1.82) is 0 Å². The van der Waals surface area contributed by atoms with Gasteiger partial charge in [0.2, 0.25) is 0 Å². The van der Waals surface area contributed by atoms with Crippen LogP contribution in [0.15, 0.2) is 18.2 Å². The first-order valence-corrected chi connectivity index (χ1v) is 6.03. The number of anilines is 1. The Labute approximate surface area is 98.2 Å². The fraction of sp³-hybridized carbons (Fsp3) is 0.571. The van der Waals surface area contributed by atoms with Gasteiger partial charge in [0.05, 0.1) is 0 Å². The van der Waals surface area contributed by atoms with Crippen LogP contribution in [0.3, 0.4) is 0 Å². The van der Waals surface area contributed by atoms with E-state index in [2.05, 4.69) is 51.2 Å². The van der Waals surface area contributed by atoms with Crippen LogP contribution >= 0.6 is 0 Å². The third-order valence-corrected chi connectivity index (χ3v) is 3.46. The highest BCUT2D eigenvalue weighted by Crippen LogP contribution is 2.36. The lowest BCUT2D eigenvalue weighted by Gasteiger charge is -2.21. The lowest BCUT2D eigenvalue weighted by molar-refractivity contribution is 0.582. The van der Waals surface area contributed by atoms with Gasteiger partial charge < -0.3 is 11.1 Å². The lowest BCUT2D eigenvalue weighted by Crippen LogP contribution is -2.26. The Kier molecular flexibility index (Phi) is 2.70. The molecule has 0 bridgehead atoms. The smallest absolute Gasteiger partial charge is 0.0377 e. The molecule has 0 amide bonds. The lowest BCUT2D eigenvalue weighted by atomic mass is 9.84. The molecule has 2 heteroatoms. The van der Waals surface area contributed by atoms with E-state index in [0.29, 0.717) is 5.92 Å². The molecule has 16 heavy (non-hydrogen) atoms. The highest BCUT2D eigenvalue weighted by Gasteiger charge is 2.26. The maximum Gasteiger partial charge on any atom is 0.0377 e. The Morgan fingerprint density at radius 3 is 2.62 bits per heavy atom. The van der Waals surface area contributed by atoms with E-state index in [9.17, 15) is 0 Å². The highest BCUT2D eigenvalue weighted by molar-refractivity contribution is 5.60. The molecule has 1 aromatic rings. The van der Waals surface area contributed by atoms with E-state index in [1.807, 2.05) is 0 Å². The van der Waals surface area contributed by atoms with Crippen molar-refractivity contribution in [2.24, 2.45) is 5.73 Å². The molecule has 0 aliphatic carbocycles. The van der Waals surface area contributed by atoms with E-state index in [-0.39, 0.29) is 11.5 Å². The summed E-state index contributed by atoms with van der Waals surface area (Å²) in [5, 5.41) is 3.43. The number of rotatable bonds is 1. The summed E-state index contributed by atoms with van der Waals surface area (Å²) in [4.78, 5) is 0. The zero-order valence-electron chi connectivity index (χ0n) is 10.7. The minimum atomic E-state index is 0.208. The Balaban J connectivity index is 2.41. The Morgan fingerprint density at radius 2 is 2.06 bits per heavy atom. The first-order valence-electron chi connectivity index (χ1n) is 6.03. The standard InChI is InChI=1S/C14H22N2/c1-9(15)12-8-16-13-6-5-10(7-11(12)13)14(2,3)4/h5-7,9,12,16H,8,15H2,1-4H3. The molecular weight excluding hydrogens is 196 g/mol. The van der Waals surface area contributed by atoms with Gasteiger partial charge in [-0.15, -0.1) is 0 Å². The van der Waals surface area contributed by atoms with E-state index >= 15 is 0 Å². The van der Waals surface area contributed by atoms with Crippen LogP contribution in [0.5, 0.6) is 0 Å². The van der Waals surface area contributed by atoms with Crippen molar-refractivity contribution in [2.75, 3.05) is 11.9 Å². The second-order valence-electron chi connectivity index (χ2n) is 5.90. The molecule has 0 saturated carbocycles. The minimum Gasteiger partial charge on any atom is -0.384 e. The minimum absolute atomic E-state index is 0.208. The van der Waals surface area contributed by atoms with Crippen LogP contribution in [0.4, 0.5) is 5.69 Å². The van der Waals surface area contributed by atoms with Crippen LogP contribution in [0.2, 0.25) is 0 Å². The van der Waals surface area contributed by atoms with Crippen molar-refractivity contribution in [3.8, 4) is 0 Å². The number of nitrogens with one attached hydrogen (secondary N) is 1. The van der Waals surface area contributed by atoms with Crippen molar-refractivity contribution in [2.45, 2.75) is 45.1 Å². The highest BCUT2D eigenvalue weighted by atomic mass is 14.9. The monoisotopic (exact) mass is 218 g/mol. The molecule has 0 radical (unpaired) electrons. The fourth-order valence-electron chi connectivity index (χ4n) is 2.30.